The lowest BCUT2D eigenvalue weighted by Gasteiger charge is -2.25. The number of nitrogens with zero attached hydrogens (tertiary/aromatic N) is 4. The van der Waals surface area contributed by atoms with Crippen molar-refractivity contribution in [3.8, 4) is 11.3 Å². The molecule has 0 bridgehead atoms. The van der Waals surface area contributed by atoms with E-state index in [1.807, 2.05) is 30.3 Å². The summed E-state index contributed by atoms with van der Waals surface area (Å²) in [5.41, 5.74) is 1.66. The molecule has 1 amide bonds. The summed E-state index contributed by atoms with van der Waals surface area (Å²) in [6.07, 6.45) is 3.65. The SMILES string of the molecule is COCC(=O)Nc1c(-c2ccccc2)nc2sc(N3CCCCC3)nn12. The number of rotatable bonds is 5. The molecule has 7 nitrogen and oxygen atoms in total. The van der Waals surface area contributed by atoms with Crippen molar-refractivity contribution in [3.63, 3.8) is 0 Å². The number of aromatic nitrogens is 3. The summed E-state index contributed by atoms with van der Waals surface area (Å²) in [7, 11) is 1.50. The number of ether oxygens (including phenoxy) is 1. The third kappa shape index (κ3) is 3.30. The van der Waals surface area contributed by atoms with Crippen molar-refractivity contribution in [1.82, 2.24) is 14.6 Å². The van der Waals surface area contributed by atoms with Gasteiger partial charge < -0.3 is 15.0 Å². The van der Waals surface area contributed by atoms with Crippen LogP contribution in [0.5, 0.6) is 0 Å². The number of amides is 1. The minimum Gasteiger partial charge on any atom is -0.375 e. The van der Waals surface area contributed by atoms with Gasteiger partial charge in [-0.1, -0.05) is 41.7 Å². The summed E-state index contributed by atoms with van der Waals surface area (Å²) < 4.78 is 6.68. The van der Waals surface area contributed by atoms with Crippen LogP contribution in [-0.2, 0) is 9.53 Å². The van der Waals surface area contributed by atoms with Crippen LogP contribution in [0.15, 0.2) is 30.3 Å². The van der Waals surface area contributed by atoms with E-state index in [0.717, 1.165) is 34.4 Å². The molecule has 0 atom stereocenters. The molecular weight excluding hydrogens is 350 g/mol. The number of nitrogens with one attached hydrogen (secondary N) is 1. The van der Waals surface area contributed by atoms with Gasteiger partial charge >= 0.3 is 0 Å². The Kier molecular flexibility index (Phi) is 4.85. The molecule has 1 saturated heterocycles. The first-order valence-electron chi connectivity index (χ1n) is 8.75. The summed E-state index contributed by atoms with van der Waals surface area (Å²) >= 11 is 1.56. The van der Waals surface area contributed by atoms with E-state index in [1.54, 1.807) is 15.9 Å². The first-order chi connectivity index (χ1) is 12.8. The maximum Gasteiger partial charge on any atom is 0.251 e. The van der Waals surface area contributed by atoms with Crippen molar-refractivity contribution >= 4 is 33.2 Å². The van der Waals surface area contributed by atoms with Crippen LogP contribution in [0, 0.1) is 0 Å². The van der Waals surface area contributed by atoms with Gasteiger partial charge in [0.25, 0.3) is 5.91 Å². The molecule has 26 heavy (non-hydrogen) atoms. The summed E-state index contributed by atoms with van der Waals surface area (Å²) in [5, 5.41) is 8.60. The summed E-state index contributed by atoms with van der Waals surface area (Å²) in [6.45, 7) is 2.03. The van der Waals surface area contributed by atoms with Gasteiger partial charge in [0.1, 0.15) is 12.3 Å². The molecule has 3 heterocycles. The van der Waals surface area contributed by atoms with Crippen LogP contribution < -0.4 is 10.2 Å². The molecule has 0 radical (unpaired) electrons. The first kappa shape index (κ1) is 17.0. The maximum absolute atomic E-state index is 12.1. The standard InChI is InChI=1S/C18H21N5O2S/c1-25-12-14(24)19-16-15(13-8-4-2-5-9-13)20-17-23(16)21-18(26-17)22-10-6-3-7-11-22/h2,4-5,8-9H,3,6-7,10-12H2,1H3,(H,19,24). The minimum atomic E-state index is -0.223. The zero-order chi connectivity index (χ0) is 17.9. The van der Waals surface area contributed by atoms with E-state index in [0.29, 0.717) is 5.82 Å². The van der Waals surface area contributed by atoms with Gasteiger partial charge in [-0.25, -0.2) is 4.98 Å². The summed E-state index contributed by atoms with van der Waals surface area (Å²) in [6, 6.07) is 9.82. The second-order valence-corrected chi connectivity index (χ2v) is 7.22. The van der Waals surface area contributed by atoms with Crippen molar-refractivity contribution in [2.75, 3.05) is 37.0 Å². The monoisotopic (exact) mass is 371 g/mol. The Hall–Kier alpha value is -2.45. The van der Waals surface area contributed by atoms with Crippen molar-refractivity contribution in [1.29, 1.82) is 0 Å². The Bertz CT molecular complexity index is 899. The zero-order valence-corrected chi connectivity index (χ0v) is 15.5. The van der Waals surface area contributed by atoms with Crippen molar-refractivity contribution in [3.05, 3.63) is 30.3 Å². The van der Waals surface area contributed by atoms with Gasteiger partial charge in [0.15, 0.2) is 5.82 Å². The van der Waals surface area contributed by atoms with Gasteiger partial charge in [-0.05, 0) is 19.3 Å². The lowest BCUT2D eigenvalue weighted by molar-refractivity contribution is -0.119. The number of methoxy groups -OCH3 is 1. The number of imidazole rings is 1. The molecule has 0 aliphatic carbocycles. The van der Waals surface area contributed by atoms with Crippen LogP contribution in [0.4, 0.5) is 10.9 Å². The van der Waals surface area contributed by atoms with Crippen molar-refractivity contribution < 1.29 is 9.53 Å². The third-order valence-corrected chi connectivity index (χ3v) is 5.37. The number of piperidine rings is 1. The summed E-state index contributed by atoms with van der Waals surface area (Å²) in [4.78, 5) is 20.0. The second-order valence-electron chi connectivity index (χ2n) is 6.28. The smallest absolute Gasteiger partial charge is 0.251 e. The molecule has 4 rings (SSSR count). The molecule has 1 aromatic carbocycles. The van der Waals surface area contributed by atoms with Crippen LogP contribution in [0.2, 0.25) is 0 Å². The second kappa shape index (κ2) is 7.43. The van der Waals surface area contributed by atoms with E-state index in [4.69, 9.17) is 14.8 Å². The van der Waals surface area contributed by atoms with Gasteiger partial charge in [0.2, 0.25) is 10.1 Å². The highest BCUT2D eigenvalue weighted by Crippen LogP contribution is 2.34. The highest BCUT2D eigenvalue weighted by atomic mass is 32.1. The molecule has 8 heteroatoms. The minimum absolute atomic E-state index is 0.00934. The molecule has 0 spiro atoms. The quantitative estimate of drug-likeness (QED) is 0.746. The zero-order valence-electron chi connectivity index (χ0n) is 14.6. The van der Waals surface area contributed by atoms with Gasteiger partial charge in [0.05, 0.1) is 0 Å². The molecule has 0 saturated carbocycles. The van der Waals surface area contributed by atoms with Gasteiger partial charge in [-0.2, -0.15) is 4.52 Å². The Morgan fingerprint density at radius 1 is 1.23 bits per heavy atom. The van der Waals surface area contributed by atoms with Gasteiger partial charge in [0, 0.05) is 25.8 Å². The van der Waals surface area contributed by atoms with E-state index in [1.165, 1.54) is 26.4 Å². The van der Waals surface area contributed by atoms with E-state index < -0.39 is 0 Å². The van der Waals surface area contributed by atoms with E-state index in [9.17, 15) is 4.79 Å². The Labute approximate surface area is 155 Å². The Balaban J connectivity index is 1.75. The number of benzene rings is 1. The average molecular weight is 371 g/mol. The highest BCUT2D eigenvalue weighted by Gasteiger charge is 2.22. The first-order valence-corrected chi connectivity index (χ1v) is 9.56. The number of carbonyl (C=O) groups is 1. The maximum atomic E-state index is 12.1. The fraction of sp³-hybridized carbons (Fsp3) is 0.389. The predicted molar refractivity (Wildman–Crippen MR) is 103 cm³/mol. The summed E-state index contributed by atoms with van der Waals surface area (Å²) in [5.74, 6) is 0.367. The Morgan fingerprint density at radius 3 is 2.73 bits per heavy atom. The lowest BCUT2D eigenvalue weighted by atomic mass is 10.1. The van der Waals surface area contributed by atoms with Crippen LogP contribution in [0.1, 0.15) is 19.3 Å². The number of anilines is 2. The number of carbonyl (C=O) groups excluding carboxylic acids is 1. The highest BCUT2D eigenvalue weighted by molar-refractivity contribution is 7.20. The van der Waals surface area contributed by atoms with Crippen LogP contribution >= 0.6 is 11.3 Å². The van der Waals surface area contributed by atoms with E-state index >= 15 is 0 Å². The molecule has 1 N–H and O–H groups in total. The third-order valence-electron chi connectivity index (χ3n) is 4.40. The van der Waals surface area contributed by atoms with Crippen LogP contribution in [-0.4, -0.2) is 47.3 Å². The molecule has 1 aliphatic heterocycles. The molecule has 2 aromatic heterocycles. The topological polar surface area (TPSA) is 71.8 Å². The van der Waals surface area contributed by atoms with Crippen molar-refractivity contribution in [2.24, 2.45) is 0 Å². The molecular formula is C18H21N5O2S. The van der Waals surface area contributed by atoms with Gasteiger partial charge in [-0.15, -0.1) is 5.10 Å². The van der Waals surface area contributed by atoms with Crippen LogP contribution in [0.25, 0.3) is 16.2 Å². The molecule has 136 valence electrons. The van der Waals surface area contributed by atoms with Crippen LogP contribution in [0.3, 0.4) is 0 Å². The van der Waals surface area contributed by atoms with Crippen molar-refractivity contribution in [2.45, 2.75) is 19.3 Å². The molecule has 1 aliphatic rings. The lowest BCUT2D eigenvalue weighted by Crippen LogP contribution is -2.29. The van der Waals surface area contributed by atoms with Gasteiger partial charge in [-0.3, -0.25) is 4.79 Å². The molecule has 1 fully saturated rings. The normalized spacial score (nSPS) is 14.7. The predicted octanol–water partition coefficient (Wildman–Crippen LogP) is 3.03. The van der Waals surface area contributed by atoms with E-state index in [2.05, 4.69) is 10.2 Å². The van der Waals surface area contributed by atoms with E-state index in [-0.39, 0.29) is 12.5 Å². The number of hydrogen-bond acceptors (Lipinski definition) is 6. The number of hydrogen-bond donors (Lipinski definition) is 1. The Morgan fingerprint density at radius 2 is 2.00 bits per heavy atom. The fourth-order valence-electron chi connectivity index (χ4n) is 3.16. The number of fused-ring (bicyclic) bond motifs is 1. The fourth-order valence-corrected chi connectivity index (χ4v) is 4.11. The molecule has 3 aromatic rings. The largest absolute Gasteiger partial charge is 0.375 e. The molecule has 0 unspecified atom stereocenters. The average Bonchev–Trinajstić information content (AvgIpc) is 3.23.